The van der Waals surface area contributed by atoms with Crippen LogP contribution < -0.4 is 9.79 Å². The monoisotopic (exact) mass is 210 g/mol. The molecule has 0 fully saturated rings. The molecule has 32 valence electrons. The summed E-state index contributed by atoms with van der Waals surface area (Å²) in [5.74, 6) is 0. The van der Waals surface area contributed by atoms with E-state index in [0.717, 1.165) is 0 Å². The van der Waals surface area contributed by atoms with Crippen LogP contribution in [0, 0.1) is 0 Å². The maximum absolute atomic E-state index is 8.66. The minimum Gasteiger partial charge on any atom is -0.790 e. The third-order valence-corrected chi connectivity index (χ3v) is 0. The summed E-state index contributed by atoms with van der Waals surface area (Å²) in [7, 11) is -5.14. The van der Waals surface area contributed by atoms with Gasteiger partial charge in [0.25, 0.3) is 0 Å². The summed E-state index contributed by atoms with van der Waals surface area (Å²) in [4.78, 5) is 24.3. The van der Waals surface area contributed by atoms with Crippen LogP contribution in [0.2, 0.25) is 0 Å². The van der Waals surface area contributed by atoms with Crippen molar-refractivity contribution >= 4 is 7.82 Å². The van der Waals surface area contributed by atoms with E-state index in [2.05, 4.69) is 0 Å². The molecule has 0 aromatic rings. The molecular formula is HCdO4P. The number of hydrogen-bond donors (Lipinski definition) is 1. The normalized spacial score (nSPS) is 9.83. The van der Waals surface area contributed by atoms with Gasteiger partial charge in [0.1, 0.15) is 0 Å². The van der Waals surface area contributed by atoms with Crippen molar-refractivity contribution < 1.29 is 46.5 Å². The Labute approximate surface area is 54.6 Å². The quantitative estimate of drug-likeness (QED) is 0.362. The Bertz CT molecular complexity index is 53.7. The molecule has 0 aliphatic carbocycles. The van der Waals surface area contributed by atoms with Crippen LogP contribution in [0.15, 0.2) is 0 Å². The molecule has 6 heteroatoms. The van der Waals surface area contributed by atoms with E-state index in [1.165, 1.54) is 0 Å². The molecule has 0 bridgehead atoms. The third-order valence-electron chi connectivity index (χ3n) is 0. The molecule has 0 atom stereocenters. The van der Waals surface area contributed by atoms with Crippen molar-refractivity contribution in [3.8, 4) is 0 Å². The number of hydrogen-bond acceptors (Lipinski definition) is 3. The maximum atomic E-state index is 8.66. The van der Waals surface area contributed by atoms with Gasteiger partial charge in [0, 0.05) is 0 Å². The molecule has 0 aromatic carbocycles. The minimum absolute atomic E-state index is 0. The molecule has 4 nitrogen and oxygen atoms in total. The van der Waals surface area contributed by atoms with Gasteiger partial charge in [-0.2, -0.15) is 0 Å². The average Bonchev–Trinajstić information content (AvgIpc) is 0.722. The summed E-state index contributed by atoms with van der Waals surface area (Å²) in [6, 6.07) is 0. The molecule has 0 spiro atoms. The zero-order valence-electron chi connectivity index (χ0n) is 2.83. The van der Waals surface area contributed by atoms with Gasteiger partial charge < -0.3 is 19.2 Å². The molecule has 0 unspecified atom stereocenters. The first-order chi connectivity index (χ1) is 2.00. The van der Waals surface area contributed by atoms with Crippen LogP contribution in [0.5, 0.6) is 0 Å². The molecule has 0 heterocycles. The van der Waals surface area contributed by atoms with Crippen LogP contribution in [-0.2, 0) is 31.9 Å². The SMILES string of the molecule is O=P([O-])([O-])O.[Cd+2]. The Balaban J connectivity index is 0. The Kier molecular flexibility index (Phi) is 5.20. The van der Waals surface area contributed by atoms with Crippen molar-refractivity contribution in [2.45, 2.75) is 0 Å². The fraction of sp³-hybridized carbons (Fsp3) is 0. The van der Waals surface area contributed by atoms with Crippen LogP contribution in [-0.4, -0.2) is 4.89 Å². The Morgan fingerprint density at radius 3 is 1.50 bits per heavy atom. The van der Waals surface area contributed by atoms with Crippen molar-refractivity contribution in [3.63, 3.8) is 0 Å². The van der Waals surface area contributed by atoms with E-state index in [1.807, 2.05) is 0 Å². The topological polar surface area (TPSA) is 83.4 Å². The summed E-state index contributed by atoms with van der Waals surface area (Å²) >= 11 is 0. The molecule has 0 aliphatic rings. The van der Waals surface area contributed by atoms with Gasteiger partial charge in [-0.1, -0.05) is 0 Å². The molecular weight excluding hydrogens is 207 g/mol. The van der Waals surface area contributed by atoms with Crippen LogP contribution in [0.25, 0.3) is 0 Å². The van der Waals surface area contributed by atoms with E-state index < -0.39 is 7.82 Å². The van der Waals surface area contributed by atoms with Crippen molar-refractivity contribution in [1.29, 1.82) is 0 Å². The molecule has 0 aliphatic heterocycles. The summed E-state index contributed by atoms with van der Waals surface area (Å²) in [5.41, 5.74) is 0. The Morgan fingerprint density at radius 1 is 1.50 bits per heavy atom. The van der Waals surface area contributed by atoms with Crippen LogP contribution in [0.1, 0.15) is 0 Å². The maximum Gasteiger partial charge on any atom is 2.00 e. The molecule has 0 saturated carbocycles. The van der Waals surface area contributed by atoms with E-state index in [9.17, 15) is 0 Å². The van der Waals surface area contributed by atoms with E-state index in [4.69, 9.17) is 19.2 Å². The summed E-state index contributed by atoms with van der Waals surface area (Å²) in [6.45, 7) is 0. The molecule has 0 aromatic heterocycles. The second-order valence-corrected chi connectivity index (χ2v) is 1.41. The fourth-order valence-electron chi connectivity index (χ4n) is 0. The van der Waals surface area contributed by atoms with Crippen molar-refractivity contribution in [2.24, 2.45) is 0 Å². The Hall–Kier alpha value is 1.03. The standard InChI is InChI=1S/Cd.H3O4P/c;1-5(2,3)4/h;(H3,1,2,3,4)/q+2;/p-2. The largest absolute Gasteiger partial charge is 2.00 e. The van der Waals surface area contributed by atoms with Crippen molar-refractivity contribution in [2.75, 3.05) is 0 Å². The van der Waals surface area contributed by atoms with Gasteiger partial charge in [0.2, 0.25) is 0 Å². The number of phosphoric acid groups is 1. The first kappa shape index (κ1) is 10.1. The summed E-state index contributed by atoms with van der Waals surface area (Å²) in [5, 5.41) is 0. The fourth-order valence-corrected chi connectivity index (χ4v) is 0. The number of rotatable bonds is 0. The van der Waals surface area contributed by atoms with Crippen LogP contribution in [0.4, 0.5) is 0 Å². The smallest absolute Gasteiger partial charge is 0.790 e. The molecule has 6 heavy (non-hydrogen) atoms. The molecule has 0 saturated heterocycles. The zero-order chi connectivity index (χ0) is 4.50. The third kappa shape index (κ3) is 76.8. The molecule has 0 rings (SSSR count). The molecule has 0 amide bonds. The van der Waals surface area contributed by atoms with Gasteiger partial charge in [-0.15, -0.1) is 0 Å². The minimum atomic E-state index is -5.14. The van der Waals surface area contributed by atoms with Gasteiger partial charge >= 0.3 is 27.3 Å². The van der Waals surface area contributed by atoms with E-state index in [-0.39, 0.29) is 27.3 Å². The van der Waals surface area contributed by atoms with E-state index in [1.54, 1.807) is 0 Å². The van der Waals surface area contributed by atoms with Crippen molar-refractivity contribution in [3.05, 3.63) is 0 Å². The van der Waals surface area contributed by atoms with Gasteiger partial charge in [0.05, 0.1) is 7.82 Å². The average molecular weight is 208 g/mol. The van der Waals surface area contributed by atoms with E-state index in [0.29, 0.717) is 0 Å². The first-order valence-electron chi connectivity index (χ1n) is 0.748. The van der Waals surface area contributed by atoms with E-state index >= 15 is 0 Å². The molecule has 0 radical (unpaired) electrons. The predicted molar refractivity (Wildman–Crippen MR) is 9.83 cm³/mol. The second-order valence-electron chi connectivity index (χ2n) is 0.469. The van der Waals surface area contributed by atoms with Gasteiger partial charge in [0.15, 0.2) is 0 Å². The van der Waals surface area contributed by atoms with Crippen LogP contribution in [0.3, 0.4) is 0 Å². The summed E-state index contributed by atoms with van der Waals surface area (Å²) < 4.78 is 8.66. The second kappa shape index (κ2) is 3.09. The molecule has 1 N–H and O–H groups in total. The zero-order valence-corrected chi connectivity index (χ0v) is 7.76. The van der Waals surface area contributed by atoms with Crippen molar-refractivity contribution in [1.82, 2.24) is 0 Å². The first-order valence-corrected chi connectivity index (χ1v) is 2.24. The van der Waals surface area contributed by atoms with Gasteiger partial charge in [-0.3, -0.25) is 0 Å². The summed E-state index contributed by atoms with van der Waals surface area (Å²) in [6.07, 6.45) is 0. The van der Waals surface area contributed by atoms with Crippen LogP contribution >= 0.6 is 7.82 Å². The van der Waals surface area contributed by atoms with Gasteiger partial charge in [-0.25, -0.2) is 0 Å². The van der Waals surface area contributed by atoms with Gasteiger partial charge in [-0.05, 0) is 0 Å². The Morgan fingerprint density at radius 2 is 1.50 bits per heavy atom. The predicted octanol–water partition coefficient (Wildman–Crippen LogP) is -2.20.